The predicted octanol–water partition coefficient (Wildman–Crippen LogP) is 0.719. The van der Waals surface area contributed by atoms with Crippen molar-refractivity contribution in [3.05, 3.63) is 29.8 Å². The van der Waals surface area contributed by atoms with E-state index >= 15 is 0 Å². The Kier molecular flexibility index (Phi) is 4.16. The first-order valence-corrected chi connectivity index (χ1v) is 5.56. The molecule has 1 heterocycles. The number of benzene rings is 1. The third kappa shape index (κ3) is 2.95. The van der Waals surface area contributed by atoms with Gasteiger partial charge in [0.1, 0.15) is 12.4 Å². The van der Waals surface area contributed by atoms with Crippen LogP contribution in [0.2, 0.25) is 0 Å². The second kappa shape index (κ2) is 5.84. The van der Waals surface area contributed by atoms with Crippen LogP contribution in [0.15, 0.2) is 24.3 Å². The van der Waals surface area contributed by atoms with Crippen molar-refractivity contribution in [1.82, 2.24) is 5.32 Å². The highest BCUT2D eigenvalue weighted by Crippen LogP contribution is 2.21. The maximum Gasteiger partial charge on any atom is 0.119 e. The second-order valence-corrected chi connectivity index (χ2v) is 3.70. The fourth-order valence-electron chi connectivity index (χ4n) is 1.72. The molecule has 4 heteroatoms. The molecule has 0 saturated carbocycles. The van der Waals surface area contributed by atoms with Gasteiger partial charge in [-0.25, -0.2) is 0 Å². The lowest BCUT2D eigenvalue weighted by Crippen LogP contribution is -2.33. The van der Waals surface area contributed by atoms with Crippen LogP contribution in [0.5, 0.6) is 5.75 Å². The lowest BCUT2D eigenvalue weighted by molar-refractivity contribution is 0.0276. The molecule has 2 N–H and O–H groups in total. The minimum atomic E-state index is 0.0391. The number of aliphatic hydroxyl groups is 1. The van der Waals surface area contributed by atoms with Crippen molar-refractivity contribution in [2.75, 3.05) is 32.9 Å². The summed E-state index contributed by atoms with van der Waals surface area (Å²) < 4.78 is 10.9. The molecule has 4 nitrogen and oxygen atoms in total. The first-order chi connectivity index (χ1) is 7.90. The molecule has 0 radical (unpaired) electrons. The Bertz CT molecular complexity index is 307. The van der Waals surface area contributed by atoms with Crippen molar-refractivity contribution >= 4 is 0 Å². The van der Waals surface area contributed by atoms with Crippen LogP contribution >= 0.6 is 0 Å². The monoisotopic (exact) mass is 223 g/mol. The highest BCUT2D eigenvalue weighted by atomic mass is 16.5. The van der Waals surface area contributed by atoms with E-state index in [9.17, 15) is 0 Å². The van der Waals surface area contributed by atoms with Gasteiger partial charge in [-0.1, -0.05) is 12.1 Å². The van der Waals surface area contributed by atoms with Gasteiger partial charge in [-0.3, -0.25) is 0 Å². The van der Waals surface area contributed by atoms with Crippen LogP contribution in [0.25, 0.3) is 0 Å². The number of nitrogens with one attached hydrogen (secondary N) is 1. The van der Waals surface area contributed by atoms with Crippen molar-refractivity contribution in [3.8, 4) is 5.75 Å². The first-order valence-electron chi connectivity index (χ1n) is 5.56. The van der Waals surface area contributed by atoms with Crippen LogP contribution in [-0.2, 0) is 4.74 Å². The average Bonchev–Trinajstić information content (AvgIpc) is 2.38. The molecule has 0 spiro atoms. The molecule has 1 saturated heterocycles. The SMILES string of the molecule is OCCOc1ccc(C2CNCCO2)cc1. The number of ether oxygens (including phenoxy) is 2. The van der Waals surface area contributed by atoms with Crippen molar-refractivity contribution in [2.45, 2.75) is 6.10 Å². The first kappa shape index (κ1) is 11.4. The molecule has 1 unspecified atom stereocenters. The smallest absolute Gasteiger partial charge is 0.119 e. The molecule has 1 aromatic rings. The standard InChI is InChI=1S/C12H17NO3/c14-6-8-15-11-3-1-10(2-4-11)12-9-13-5-7-16-12/h1-4,12-14H,5-9H2. The maximum atomic E-state index is 8.63. The Balaban J connectivity index is 1.95. The quantitative estimate of drug-likeness (QED) is 0.789. The lowest BCUT2D eigenvalue weighted by Gasteiger charge is -2.24. The highest BCUT2D eigenvalue weighted by Gasteiger charge is 2.15. The van der Waals surface area contributed by atoms with Gasteiger partial charge in [0, 0.05) is 13.1 Å². The zero-order valence-electron chi connectivity index (χ0n) is 9.19. The maximum absolute atomic E-state index is 8.63. The Morgan fingerprint density at radius 1 is 1.38 bits per heavy atom. The van der Waals surface area contributed by atoms with Crippen LogP contribution in [0.1, 0.15) is 11.7 Å². The molecule has 88 valence electrons. The second-order valence-electron chi connectivity index (χ2n) is 3.70. The third-order valence-corrected chi connectivity index (χ3v) is 2.54. The van der Waals surface area contributed by atoms with Gasteiger partial charge in [-0.2, -0.15) is 0 Å². The summed E-state index contributed by atoms with van der Waals surface area (Å²) in [5, 5.41) is 11.9. The molecule has 16 heavy (non-hydrogen) atoms. The van der Waals surface area contributed by atoms with E-state index in [4.69, 9.17) is 14.6 Å². The van der Waals surface area contributed by atoms with E-state index in [2.05, 4.69) is 5.32 Å². The van der Waals surface area contributed by atoms with Gasteiger partial charge < -0.3 is 19.9 Å². The summed E-state index contributed by atoms with van der Waals surface area (Å²) in [4.78, 5) is 0. The van der Waals surface area contributed by atoms with E-state index in [1.54, 1.807) is 0 Å². The Morgan fingerprint density at radius 2 is 2.19 bits per heavy atom. The zero-order chi connectivity index (χ0) is 11.2. The van der Waals surface area contributed by atoms with Gasteiger partial charge in [0.2, 0.25) is 0 Å². The highest BCUT2D eigenvalue weighted by molar-refractivity contribution is 5.29. The van der Waals surface area contributed by atoms with E-state index in [0.29, 0.717) is 6.61 Å². The zero-order valence-corrected chi connectivity index (χ0v) is 9.19. The van der Waals surface area contributed by atoms with Crippen LogP contribution < -0.4 is 10.1 Å². The largest absolute Gasteiger partial charge is 0.491 e. The van der Waals surface area contributed by atoms with Crippen LogP contribution in [0, 0.1) is 0 Å². The summed E-state index contributed by atoms with van der Waals surface area (Å²) in [7, 11) is 0. The molecular formula is C12H17NO3. The number of morpholine rings is 1. The van der Waals surface area contributed by atoms with Crippen molar-refractivity contribution in [2.24, 2.45) is 0 Å². The summed E-state index contributed by atoms with van der Waals surface area (Å²) in [6.45, 7) is 2.91. The molecule has 1 atom stereocenters. The van der Waals surface area contributed by atoms with Crippen LogP contribution in [0.3, 0.4) is 0 Å². The summed E-state index contributed by atoms with van der Waals surface area (Å²) in [6, 6.07) is 7.82. The molecule has 0 aliphatic carbocycles. The van der Waals surface area contributed by atoms with Gasteiger partial charge >= 0.3 is 0 Å². The number of hydrogen-bond acceptors (Lipinski definition) is 4. The van der Waals surface area contributed by atoms with E-state index in [-0.39, 0.29) is 12.7 Å². The lowest BCUT2D eigenvalue weighted by atomic mass is 10.1. The normalized spacial score (nSPS) is 20.7. The van der Waals surface area contributed by atoms with Gasteiger partial charge in [0.25, 0.3) is 0 Å². The van der Waals surface area contributed by atoms with E-state index < -0.39 is 0 Å². The summed E-state index contributed by atoms with van der Waals surface area (Å²) in [6.07, 6.45) is 0.139. The molecule has 0 bridgehead atoms. The van der Waals surface area contributed by atoms with Crippen molar-refractivity contribution < 1.29 is 14.6 Å². The number of hydrogen-bond donors (Lipinski definition) is 2. The third-order valence-electron chi connectivity index (χ3n) is 2.54. The molecule has 1 aliphatic heterocycles. The van der Waals surface area contributed by atoms with Gasteiger partial charge in [-0.05, 0) is 17.7 Å². The van der Waals surface area contributed by atoms with E-state index in [1.807, 2.05) is 24.3 Å². The Labute approximate surface area is 95.2 Å². The topological polar surface area (TPSA) is 50.7 Å². The summed E-state index contributed by atoms with van der Waals surface area (Å²) in [5.74, 6) is 0.779. The molecule has 1 aromatic carbocycles. The predicted molar refractivity (Wildman–Crippen MR) is 60.6 cm³/mol. The van der Waals surface area contributed by atoms with Crippen molar-refractivity contribution in [1.29, 1.82) is 0 Å². The van der Waals surface area contributed by atoms with Crippen LogP contribution in [0.4, 0.5) is 0 Å². The fraction of sp³-hybridized carbons (Fsp3) is 0.500. The number of aliphatic hydroxyl groups excluding tert-OH is 1. The molecule has 1 fully saturated rings. The summed E-state index contributed by atoms with van der Waals surface area (Å²) >= 11 is 0. The minimum Gasteiger partial charge on any atom is -0.491 e. The van der Waals surface area contributed by atoms with Gasteiger partial charge in [0.15, 0.2) is 0 Å². The van der Waals surface area contributed by atoms with Crippen LogP contribution in [-0.4, -0.2) is 38.0 Å². The average molecular weight is 223 g/mol. The minimum absolute atomic E-state index is 0.0391. The van der Waals surface area contributed by atoms with E-state index in [0.717, 1.165) is 31.0 Å². The Morgan fingerprint density at radius 3 is 2.81 bits per heavy atom. The van der Waals surface area contributed by atoms with Gasteiger partial charge in [-0.15, -0.1) is 0 Å². The van der Waals surface area contributed by atoms with Crippen molar-refractivity contribution in [3.63, 3.8) is 0 Å². The van der Waals surface area contributed by atoms with E-state index in [1.165, 1.54) is 0 Å². The molecular weight excluding hydrogens is 206 g/mol. The number of rotatable bonds is 4. The fourth-order valence-corrected chi connectivity index (χ4v) is 1.72. The van der Waals surface area contributed by atoms with Gasteiger partial charge in [0.05, 0.1) is 19.3 Å². The molecule has 2 rings (SSSR count). The Hall–Kier alpha value is -1.10. The molecule has 1 aliphatic rings. The summed E-state index contributed by atoms with van der Waals surface area (Å²) in [5.41, 5.74) is 1.16. The molecule has 0 aromatic heterocycles. The molecule has 0 amide bonds.